The van der Waals surface area contributed by atoms with Crippen molar-refractivity contribution in [3.63, 3.8) is 0 Å². The Labute approximate surface area is 85.3 Å². The largest absolute Gasteiger partial charge is 0.436 e. The first-order valence-corrected chi connectivity index (χ1v) is 4.41. The Morgan fingerprint density at radius 1 is 1.53 bits per heavy atom. The van der Waals surface area contributed by atoms with Gasteiger partial charge >= 0.3 is 6.18 Å². The summed E-state index contributed by atoms with van der Waals surface area (Å²) in [6.45, 7) is 5.57. The lowest BCUT2D eigenvalue weighted by molar-refractivity contribution is -0.305. The van der Waals surface area contributed by atoms with E-state index in [0.717, 1.165) is 0 Å². The second-order valence-corrected chi connectivity index (χ2v) is 3.73. The minimum absolute atomic E-state index is 0.00414. The molecule has 1 amide bonds. The zero-order valence-electron chi connectivity index (χ0n) is 8.44. The summed E-state index contributed by atoms with van der Waals surface area (Å²) in [4.78, 5) is 11.2. The molecule has 15 heavy (non-hydrogen) atoms. The van der Waals surface area contributed by atoms with Crippen LogP contribution in [0.25, 0.3) is 0 Å². The third-order valence-corrected chi connectivity index (χ3v) is 2.33. The van der Waals surface area contributed by atoms with Gasteiger partial charge in [0.1, 0.15) is 0 Å². The minimum atomic E-state index is -4.64. The standard InChI is InChI=1S/C9H12F3NO2/c1-5(2)8(9(10,11)12)13-7(14)6(3)4-15-8/h5H,3-4H2,1-2H3,(H,13,14). The van der Waals surface area contributed by atoms with Gasteiger partial charge in [0.15, 0.2) is 0 Å². The zero-order valence-corrected chi connectivity index (χ0v) is 8.44. The van der Waals surface area contributed by atoms with Crippen LogP contribution in [0.3, 0.4) is 0 Å². The van der Waals surface area contributed by atoms with E-state index >= 15 is 0 Å². The van der Waals surface area contributed by atoms with Crippen LogP contribution in [-0.4, -0.2) is 24.4 Å². The van der Waals surface area contributed by atoms with Crippen molar-refractivity contribution in [1.82, 2.24) is 5.32 Å². The van der Waals surface area contributed by atoms with E-state index in [1.807, 2.05) is 5.32 Å². The molecule has 1 rings (SSSR count). The summed E-state index contributed by atoms with van der Waals surface area (Å²) in [6, 6.07) is 0. The molecular weight excluding hydrogens is 211 g/mol. The second kappa shape index (κ2) is 3.52. The van der Waals surface area contributed by atoms with E-state index in [4.69, 9.17) is 4.74 Å². The van der Waals surface area contributed by atoms with E-state index in [-0.39, 0.29) is 5.57 Å². The lowest BCUT2D eigenvalue weighted by Crippen LogP contribution is -2.66. The normalized spacial score (nSPS) is 28.1. The highest BCUT2D eigenvalue weighted by Gasteiger charge is 2.61. The van der Waals surface area contributed by atoms with Gasteiger partial charge in [-0.3, -0.25) is 4.79 Å². The van der Waals surface area contributed by atoms with Crippen LogP contribution in [-0.2, 0) is 9.53 Å². The van der Waals surface area contributed by atoms with Crippen LogP contribution in [0.15, 0.2) is 12.2 Å². The van der Waals surface area contributed by atoms with E-state index in [1.165, 1.54) is 13.8 Å². The smallest absolute Gasteiger partial charge is 0.342 e. The Kier molecular flexibility index (Phi) is 2.82. The summed E-state index contributed by atoms with van der Waals surface area (Å²) >= 11 is 0. The predicted octanol–water partition coefficient (Wildman–Crippen LogP) is 1.60. The third-order valence-electron chi connectivity index (χ3n) is 2.33. The van der Waals surface area contributed by atoms with Crippen molar-refractivity contribution >= 4 is 5.91 Å². The Hall–Kier alpha value is -1.04. The lowest BCUT2D eigenvalue weighted by atomic mass is 9.96. The van der Waals surface area contributed by atoms with Crippen molar-refractivity contribution in [1.29, 1.82) is 0 Å². The van der Waals surface area contributed by atoms with Crippen LogP contribution in [0.4, 0.5) is 13.2 Å². The quantitative estimate of drug-likeness (QED) is 0.686. The van der Waals surface area contributed by atoms with Crippen molar-refractivity contribution < 1.29 is 22.7 Å². The first-order chi connectivity index (χ1) is 6.71. The monoisotopic (exact) mass is 223 g/mol. The summed E-state index contributed by atoms with van der Waals surface area (Å²) in [6.07, 6.45) is -4.64. The molecule has 0 aliphatic carbocycles. The van der Waals surface area contributed by atoms with Crippen molar-refractivity contribution in [3.05, 3.63) is 12.2 Å². The first kappa shape index (κ1) is 12.0. The van der Waals surface area contributed by atoms with Gasteiger partial charge < -0.3 is 10.1 Å². The molecular formula is C9H12F3NO2. The van der Waals surface area contributed by atoms with E-state index in [2.05, 4.69) is 6.58 Å². The number of hydrogen-bond donors (Lipinski definition) is 1. The van der Waals surface area contributed by atoms with Crippen LogP contribution >= 0.6 is 0 Å². The fourth-order valence-electron chi connectivity index (χ4n) is 1.35. The number of amides is 1. The number of carbonyl (C=O) groups is 1. The predicted molar refractivity (Wildman–Crippen MR) is 46.9 cm³/mol. The maximum absolute atomic E-state index is 12.8. The number of halogens is 3. The minimum Gasteiger partial charge on any atom is -0.342 e. The average molecular weight is 223 g/mol. The number of hydrogen-bond acceptors (Lipinski definition) is 2. The molecule has 1 atom stereocenters. The highest BCUT2D eigenvalue weighted by Crippen LogP contribution is 2.39. The van der Waals surface area contributed by atoms with Gasteiger partial charge in [-0.25, -0.2) is 0 Å². The molecule has 0 bridgehead atoms. The van der Waals surface area contributed by atoms with E-state index in [9.17, 15) is 18.0 Å². The number of carbonyl (C=O) groups excluding carboxylic acids is 1. The topological polar surface area (TPSA) is 38.3 Å². The molecule has 3 nitrogen and oxygen atoms in total. The van der Waals surface area contributed by atoms with E-state index in [1.54, 1.807) is 0 Å². The van der Waals surface area contributed by atoms with E-state index < -0.39 is 30.3 Å². The number of rotatable bonds is 1. The maximum Gasteiger partial charge on any atom is 0.436 e. The molecule has 0 spiro atoms. The highest BCUT2D eigenvalue weighted by molar-refractivity contribution is 5.94. The summed E-state index contributed by atoms with van der Waals surface area (Å²) in [5, 5.41) is 1.83. The summed E-state index contributed by atoms with van der Waals surface area (Å²) < 4.78 is 43.1. The average Bonchev–Trinajstić information content (AvgIpc) is 2.07. The summed E-state index contributed by atoms with van der Waals surface area (Å²) in [5.74, 6) is -1.72. The SMILES string of the molecule is C=C1COC(C(C)C)(C(F)(F)F)NC1=O. The molecule has 1 saturated heterocycles. The Balaban J connectivity index is 3.05. The van der Waals surface area contributed by atoms with Crippen LogP contribution < -0.4 is 5.32 Å². The van der Waals surface area contributed by atoms with Crippen molar-refractivity contribution in [2.24, 2.45) is 5.92 Å². The molecule has 1 heterocycles. The van der Waals surface area contributed by atoms with Gasteiger partial charge in [0.25, 0.3) is 5.91 Å². The van der Waals surface area contributed by atoms with Gasteiger partial charge in [0, 0.05) is 11.5 Å². The second-order valence-electron chi connectivity index (χ2n) is 3.73. The summed E-state index contributed by atoms with van der Waals surface area (Å²) in [7, 11) is 0. The molecule has 1 fully saturated rings. The van der Waals surface area contributed by atoms with Crippen LogP contribution in [0.2, 0.25) is 0 Å². The number of nitrogens with one attached hydrogen (secondary N) is 1. The van der Waals surface area contributed by atoms with Crippen LogP contribution in [0.1, 0.15) is 13.8 Å². The third kappa shape index (κ3) is 1.86. The molecule has 0 radical (unpaired) electrons. The molecule has 86 valence electrons. The van der Waals surface area contributed by atoms with Crippen molar-refractivity contribution in [2.75, 3.05) is 6.61 Å². The van der Waals surface area contributed by atoms with Gasteiger partial charge in [-0.05, 0) is 0 Å². The summed E-state index contributed by atoms with van der Waals surface area (Å²) in [5.41, 5.74) is -2.60. The molecule has 1 N–H and O–H groups in total. The van der Waals surface area contributed by atoms with E-state index in [0.29, 0.717) is 0 Å². The zero-order chi connectivity index (χ0) is 11.9. The Morgan fingerprint density at radius 2 is 2.07 bits per heavy atom. The van der Waals surface area contributed by atoms with Gasteiger partial charge in [-0.2, -0.15) is 13.2 Å². The van der Waals surface area contributed by atoms with Gasteiger partial charge in [0.05, 0.1) is 6.61 Å². The Morgan fingerprint density at radius 3 is 2.40 bits per heavy atom. The molecule has 1 aliphatic heterocycles. The van der Waals surface area contributed by atoms with Gasteiger partial charge in [0.2, 0.25) is 5.72 Å². The molecule has 1 unspecified atom stereocenters. The number of alkyl halides is 3. The molecule has 1 aliphatic rings. The highest BCUT2D eigenvalue weighted by atomic mass is 19.4. The molecule has 0 saturated carbocycles. The fraction of sp³-hybridized carbons (Fsp3) is 0.667. The first-order valence-electron chi connectivity index (χ1n) is 4.41. The molecule has 0 aromatic heterocycles. The van der Waals surface area contributed by atoms with Gasteiger partial charge in [-0.15, -0.1) is 0 Å². The Bertz CT molecular complexity index is 298. The molecule has 0 aromatic rings. The van der Waals surface area contributed by atoms with Gasteiger partial charge in [-0.1, -0.05) is 20.4 Å². The number of ether oxygens (including phenoxy) is 1. The van der Waals surface area contributed by atoms with Crippen molar-refractivity contribution in [3.8, 4) is 0 Å². The lowest BCUT2D eigenvalue weighted by Gasteiger charge is -2.42. The fourth-order valence-corrected chi connectivity index (χ4v) is 1.35. The molecule has 6 heteroatoms. The van der Waals surface area contributed by atoms with Crippen molar-refractivity contribution in [2.45, 2.75) is 25.7 Å². The van der Waals surface area contributed by atoms with Crippen LogP contribution in [0.5, 0.6) is 0 Å². The maximum atomic E-state index is 12.8. The molecule has 0 aromatic carbocycles. The van der Waals surface area contributed by atoms with Crippen LogP contribution in [0, 0.1) is 5.92 Å².